The van der Waals surface area contributed by atoms with Crippen molar-refractivity contribution in [3.05, 3.63) is 36.7 Å². The molecular weight excluding hydrogens is 232 g/mol. The minimum absolute atomic E-state index is 0.0134. The Hall–Kier alpha value is -2.90. The average molecular weight is 244 g/mol. The predicted octanol–water partition coefficient (Wildman–Crippen LogP) is -0.513. The Labute approximate surface area is 103 Å². The van der Waals surface area contributed by atoms with E-state index < -0.39 is 0 Å². The van der Waals surface area contributed by atoms with E-state index in [1.54, 1.807) is 30.6 Å². The van der Waals surface area contributed by atoms with Crippen LogP contribution >= 0.6 is 0 Å². The first-order valence-electron chi connectivity index (χ1n) is 5.06. The number of aliphatic imine (C=N–C) groups is 2. The van der Waals surface area contributed by atoms with Gasteiger partial charge in [0.2, 0.25) is 5.96 Å². The molecule has 0 aliphatic rings. The molecule has 0 radical (unpaired) electrons. The molecule has 0 saturated carbocycles. The Morgan fingerprint density at radius 3 is 2.50 bits per heavy atom. The van der Waals surface area contributed by atoms with Crippen LogP contribution in [0, 0.1) is 0 Å². The van der Waals surface area contributed by atoms with Crippen molar-refractivity contribution in [3.63, 3.8) is 0 Å². The predicted molar refractivity (Wildman–Crippen MR) is 68.5 cm³/mol. The van der Waals surface area contributed by atoms with Gasteiger partial charge in [-0.2, -0.15) is 20.0 Å². The van der Waals surface area contributed by atoms with Gasteiger partial charge >= 0.3 is 0 Å². The summed E-state index contributed by atoms with van der Waals surface area (Å²) in [6.45, 7) is 0. The summed E-state index contributed by atoms with van der Waals surface area (Å²) in [5.74, 6) is -0.151. The third kappa shape index (κ3) is 2.82. The Kier molecular flexibility index (Phi) is 3.19. The highest BCUT2D eigenvalue weighted by Crippen LogP contribution is 2.16. The zero-order valence-electron chi connectivity index (χ0n) is 9.43. The van der Waals surface area contributed by atoms with Gasteiger partial charge in [-0.1, -0.05) is 6.07 Å². The van der Waals surface area contributed by atoms with Crippen LogP contribution < -0.4 is 17.2 Å². The Balaban J connectivity index is 2.31. The molecule has 0 unspecified atom stereocenters. The Morgan fingerprint density at radius 1 is 1.11 bits per heavy atom. The molecule has 0 atom stereocenters. The third-order valence-electron chi connectivity index (χ3n) is 1.97. The SMILES string of the molecule is NC(N)=NC(N)=Nc1cccc(-n2nccn2)c1. The molecule has 0 aliphatic heterocycles. The van der Waals surface area contributed by atoms with Crippen molar-refractivity contribution in [2.75, 3.05) is 0 Å². The lowest BCUT2D eigenvalue weighted by molar-refractivity contribution is 0.752. The lowest BCUT2D eigenvalue weighted by Crippen LogP contribution is -2.26. The zero-order chi connectivity index (χ0) is 13.0. The molecule has 1 aromatic heterocycles. The van der Waals surface area contributed by atoms with E-state index in [1.165, 1.54) is 4.80 Å². The molecule has 0 fully saturated rings. The van der Waals surface area contributed by atoms with Gasteiger partial charge in [0.1, 0.15) is 0 Å². The summed E-state index contributed by atoms with van der Waals surface area (Å²) in [5, 5.41) is 8.03. The summed E-state index contributed by atoms with van der Waals surface area (Å²) >= 11 is 0. The Morgan fingerprint density at radius 2 is 1.83 bits per heavy atom. The first-order valence-corrected chi connectivity index (χ1v) is 5.06. The number of aromatic nitrogens is 3. The van der Waals surface area contributed by atoms with Crippen LogP contribution in [0.2, 0.25) is 0 Å². The largest absolute Gasteiger partial charge is 0.370 e. The Bertz CT molecular complexity index is 580. The van der Waals surface area contributed by atoms with E-state index in [1.807, 2.05) is 6.07 Å². The molecule has 0 saturated heterocycles. The van der Waals surface area contributed by atoms with E-state index in [9.17, 15) is 0 Å². The van der Waals surface area contributed by atoms with Gasteiger partial charge in [0.25, 0.3) is 0 Å². The minimum atomic E-state index is -0.138. The highest BCUT2D eigenvalue weighted by molar-refractivity contribution is 5.93. The first-order chi connectivity index (χ1) is 8.65. The van der Waals surface area contributed by atoms with Gasteiger partial charge in [0, 0.05) is 0 Å². The molecule has 0 spiro atoms. The van der Waals surface area contributed by atoms with Crippen LogP contribution in [0.3, 0.4) is 0 Å². The standard InChI is InChI=1S/C10H12N8/c11-9(12)17-10(13)16-7-2-1-3-8(6-7)18-14-4-5-15-18/h1-6H,(H6,11,12,13,16,17). The number of benzene rings is 1. The van der Waals surface area contributed by atoms with E-state index in [-0.39, 0.29) is 11.9 Å². The van der Waals surface area contributed by atoms with Gasteiger partial charge in [-0.15, -0.1) is 0 Å². The fraction of sp³-hybridized carbons (Fsp3) is 0. The van der Waals surface area contributed by atoms with Gasteiger partial charge in [-0.25, -0.2) is 4.99 Å². The van der Waals surface area contributed by atoms with Crippen molar-refractivity contribution in [2.45, 2.75) is 0 Å². The van der Waals surface area contributed by atoms with Crippen LogP contribution in [0.1, 0.15) is 0 Å². The molecule has 0 bridgehead atoms. The van der Waals surface area contributed by atoms with Crippen molar-refractivity contribution < 1.29 is 0 Å². The van der Waals surface area contributed by atoms with Gasteiger partial charge in [-0.3, -0.25) is 0 Å². The van der Waals surface area contributed by atoms with Gasteiger partial charge in [0.05, 0.1) is 23.8 Å². The third-order valence-corrected chi connectivity index (χ3v) is 1.97. The van der Waals surface area contributed by atoms with Crippen LogP contribution in [0.5, 0.6) is 0 Å². The highest BCUT2D eigenvalue weighted by atomic mass is 15.5. The smallest absolute Gasteiger partial charge is 0.223 e. The quantitative estimate of drug-likeness (QED) is 0.483. The van der Waals surface area contributed by atoms with Crippen molar-refractivity contribution in [3.8, 4) is 5.69 Å². The van der Waals surface area contributed by atoms with Crippen molar-refractivity contribution in [1.82, 2.24) is 15.0 Å². The summed E-state index contributed by atoms with van der Waals surface area (Å²) in [7, 11) is 0. The maximum atomic E-state index is 5.54. The number of hydrogen-bond acceptors (Lipinski definition) is 3. The molecular formula is C10H12N8. The van der Waals surface area contributed by atoms with Crippen LogP contribution in [-0.4, -0.2) is 26.9 Å². The fourth-order valence-electron chi connectivity index (χ4n) is 1.33. The number of nitrogens with zero attached hydrogens (tertiary/aromatic N) is 5. The lowest BCUT2D eigenvalue weighted by Gasteiger charge is -2.01. The van der Waals surface area contributed by atoms with Crippen LogP contribution in [0.4, 0.5) is 5.69 Å². The van der Waals surface area contributed by atoms with Crippen molar-refractivity contribution >= 4 is 17.6 Å². The molecule has 0 aliphatic carbocycles. The summed E-state index contributed by atoms with van der Waals surface area (Å²) in [4.78, 5) is 9.14. The summed E-state index contributed by atoms with van der Waals surface area (Å²) in [5.41, 5.74) is 17.3. The number of rotatable bonds is 2. The van der Waals surface area contributed by atoms with Crippen LogP contribution in [0.25, 0.3) is 5.69 Å². The first kappa shape index (κ1) is 11.6. The second kappa shape index (κ2) is 4.95. The lowest BCUT2D eigenvalue weighted by atomic mass is 10.3. The zero-order valence-corrected chi connectivity index (χ0v) is 9.43. The van der Waals surface area contributed by atoms with Crippen molar-refractivity contribution in [1.29, 1.82) is 0 Å². The summed E-state index contributed by atoms with van der Waals surface area (Å²) in [6.07, 6.45) is 3.17. The molecule has 8 nitrogen and oxygen atoms in total. The minimum Gasteiger partial charge on any atom is -0.370 e. The van der Waals surface area contributed by atoms with Crippen LogP contribution in [-0.2, 0) is 0 Å². The molecule has 6 N–H and O–H groups in total. The van der Waals surface area contributed by atoms with Gasteiger partial charge < -0.3 is 17.2 Å². The molecule has 0 amide bonds. The number of hydrogen-bond donors (Lipinski definition) is 3. The normalized spacial score (nSPS) is 11.2. The molecule has 1 aromatic carbocycles. The molecule has 1 heterocycles. The topological polar surface area (TPSA) is 133 Å². The van der Waals surface area contributed by atoms with E-state index in [0.717, 1.165) is 5.69 Å². The second-order valence-corrected chi connectivity index (χ2v) is 3.35. The molecule has 92 valence electrons. The monoisotopic (exact) mass is 244 g/mol. The highest BCUT2D eigenvalue weighted by Gasteiger charge is 1.99. The van der Waals surface area contributed by atoms with E-state index in [2.05, 4.69) is 20.2 Å². The van der Waals surface area contributed by atoms with E-state index >= 15 is 0 Å². The van der Waals surface area contributed by atoms with Gasteiger partial charge in [0.15, 0.2) is 5.96 Å². The van der Waals surface area contributed by atoms with E-state index in [4.69, 9.17) is 17.2 Å². The van der Waals surface area contributed by atoms with Crippen LogP contribution in [0.15, 0.2) is 46.6 Å². The maximum absolute atomic E-state index is 5.54. The fourth-order valence-corrected chi connectivity index (χ4v) is 1.33. The second-order valence-electron chi connectivity index (χ2n) is 3.35. The number of guanidine groups is 2. The average Bonchev–Trinajstić information content (AvgIpc) is 2.81. The molecule has 8 heteroatoms. The summed E-state index contributed by atoms with van der Waals surface area (Å²) < 4.78 is 0. The maximum Gasteiger partial charge on any atom is 0.223 e. The molecule has 2 rings (SSSR count). The van der Waals surface area contributed by atoms with E-state index in [0.29, 0.717) is 5.69 Å². The molecule has 18 heavy (non-hydrogen) atoms. The van der Waals surface area contributed by atoms with Crippen molar-refractivity contribution in [2.24, 2.45) is 27.2 Å². The number of nitrogens with two attached hydrogens (primary N) is 3. The van der Waals surface area contributed by atoms with Gasteiger partial charge in [-0.05, 0) is 18.2 Å². The summed E-state index contributed by atoms with van der Waals surface area (Å²) in [6, 6.07) is 7.17. The molecule has 2 aromatic rings.